The van der Waals surface area contributed by atoms with Crippen LogP contribution in [0.2, 0.25) is 0 Å². The summed E-state index contributed by atoms with van der Waals surface area (Å²) in [6.07, 6.45) is 0. The summed E-state index contributed by atoms with van der Waals surface area (Å²) in [5.74, 6) is 1.38. The molecule has 2 rings (SSSR count). The maximum absolute atomic E-state index is 5.63. The Morgan fingerprint density at radius 3 is 2.67 bits per heavy atom. The summed E-state index contributed by atoms with van der Waals surface area (Å²) in [6.45, 7) is 4.77. The SMILES string of the molecule is Cc1ccc(C)c(-c2cccc(OCCCl)c2)c1. The largest absolute Gasteiger partial charge is 0.492 e. The van der Waals surface area contributed by atoms with Crippen LogP contribution in [-0.4, -0.2) is 12.5 Å². The first-order valence-electron chi connectivity index (χ1n) is 6.07. The average molecular weight is 261 g/mol. The van der Waals surface area contributed by atoms with Crippen molar-refractivity contribution < 1.29 is 4.74 Å². The Labute approximate surface area is 113 Å². The highest BCUT2D eigenvalue weighted by atomic mass is 35.5. The van der Waals surface area contributed by atoms with Gasteiger partial charge in [-0.3, -0.25) is 0 Å². The minimum Gasteiger partial charge on any atom is -0.492 e. The summed E-state index contributed by atoms with van der Waals surface area (Å²) < 4.78 is 5.56. The zero-order valence-corrected chi connectivity index (χ0v) is 11.5. The van der Waals surface area contributed by atoms with Gasteiger partial charge in [0.05, 0.1) is 5.88 Å². The number of ether oxygens (including phenoxy) is 1. The third-order valence-corrected chi connectivity index (χ3v) is 3.04. The number of hydrogen-bond acceptors (Lipinski definition) is 1. The van der Waals surface area contributed by atoms with Crippen LogP contribution in [0.5, 0.6) is 5.75 Å². The van der Waals surface area contributed by atoms with Gasteiger partial charge < -0.3 is 4.74 Å². The maximum Gasteiger partial charge on any atom is 0.119 e. The molecule has 0 saturated carbocycles. The van der Waals surface area contributed by atoms with E-state index in [4.69, 9.17) is 16.3 Å². The Bertz CT molecular complexity index is 534. The first-order chi connectivity index (χ1) is 8.70. The van der Waals surface area contributed by atoms with Gasteiger partial charge in [-0.05, 0) is 42.7 Å². The summed E-state index contributed by atoms with van der Waals surface area (Å²) in [7, 11) is 0. The van der Waals surface area contributed by atoms with E-state index in [9.17, 15) is 0 Å². The van der Waals surface area contributed by atoms with E-state index in [0.29, 0.717) is 12.5 Å². The molecule has 94 valence electrons. The lowest BCUT2D eigenvalue weighted by Crippen LogP contribution is -1.97. The first-order valence-corrected chi connectivity index (χ1v) is 6.60. The summed E-state index contributed by atoms with van der Waals surface area (Å²) >= 11 is 5.63. The normalized spacial score (nSPS) is 10.4. The molecule has 18 heavy (non-hydrogen) atoms. The topological polar surface area (TPSA) is 9.23 Å². The molecular weight excluding hydrogens is 244 g/mol. The van der Waals surface area contributed by atoms with E-state index in [1.165, 1.54) is 22.3 Å². The minimum absolute atomic E-state index is 0.508. The minimum atomic E-state index is 0.508. The van der Waals surface area contributed by atoms with E-state index in [2.05, 4.69) is 44.2 Å². The molecule has 0 aliphatic carbocycles. The van der Waals surface area contributed by atoms with Gasteiger partial charge in [0, 0.05) is 0 Å². The van der Waals surface area contributed by atoms with Crippen LogP contribution in [0.25, 0.3) is 11.1 Å². The predicted molar refractivity (Wildman–Crippen MR) is 77.6 cm³/mol. The van der Waals surface area contributed by atoms with Crippen LogP contribution >= 0.6 is 11.6 Å². The van der Waals surface area contributed by atoms with Crippen molar-refractivity contribution in [2.24, 2.45) is 0 Å². The Morgan fingerprint density at radius 2 is 1.89 bits per heavy atom. The number of rotatable bonds is 4. The van der Waals surface area contributed by atoms with Crippen LogP contribution in [0.15, 0.2) is 42.5 Å². The molecule has 0 radical (unpaired) electrons. The summed E-state index contributed by atoms with van der Waals surface area (Å²) in [5, 5.41) is 0. The molecule has 0 saturated heterocycles. The van der Waals surface area contributed by atoms with Crippen LogP contribution < -0.4 is 4.74 Å². The molecular formula is C16H17ClO. The molecule has 0 heterocycles. The molecule has 2 aromatic rings. The van der Waals surface area contributed by atoms with Gasteiger partial charge in [-0.25, -0.2) is 0 Å². The Morgan fingerprint density at radius 1 is 1.06 bits per heavy atom. The molecule has 1 nitrogen and oxygen atoms in total. The molecule has 0 atom stereocenters. The van der Waals surface area contributed by atoms with Crippen molar-refractivity contribution in [2.75, 3.05) is 12.5 Å². The van der Waals surface area contributed by atoms with E-state index in [0.717, 1.165) is 5.75 Å². The fourth-order valence-electron chi connectivity index (χ4n) is 1.96. The molecule has 0 fully saturated rings. The zero-order valence-electron chi connectivity index (χ0n) is 10.7. The Kier molecular flexibility index (Phi) is 4.27. The quantitative estimate of drug-likeness (QED) is 0.731. The van der Waals surface area contributed by atoms with Crippen molar-refractivity contribution >= 4 is 11.6 Å². The van der Waals surface area contributed by atoms with Crippen LogP contribution in [0.3, 0.4) is 0 Å². The van der Waals surface area contributed by atoms with Gasteiger partial charge in [0.25, 0.3) is 0 Å². The second kappa shape index (κ2) is 5.92. The molecule has 0 N–H and O–H groups in total. The second-order valence-corrected chi connectivity index (χ2v) is 4.76. The molecule has 0 aromatic heterocycles. The van der Waals surface area contributed by atoms with Crippen LogP contribution in [0, 0.1) is 13.8 Å². The third-order valence-electron chi connectivity index (χ3n) is 2.88. The third kappa shape index (κ3) is 3.05. The summed E-state index contributed by atoms with van der Waals surface area (Å²) in [4.78, 5) is 0. The van der Waals surface area contributed by atoms with Crippen molar-refractivity contribution in [3.05, 3.63) is 53.6 Å². The monoisotopic (exact) mass is 260 g/mol. The van der Waals surface area contributed by atoms with Crippen molar-refractivity contribution in [3.63, 3.8) is 0 Å². The van der Waals surface area contributed by atoms with E-state index in [-0.39, 0.29) is 0 Å². The number of hydrogen-bond donors (Lipinski definition) is 0. The van der Waals surface area contributed by atoms with E-state index in [1.54, 1.807) is 0 Å². The summed E-state index contributed by atoms with van der Waals surface area (Å²) in [6, 6.07) is 14.6. The van der Waals surface area contributed by atoms with Crippen LogP contribution in [0.4, 0.5) is 0 Å². The molecule has 2 aromatic carbocycles. The lowest BCUT2D eigenvalue weighted by molar-refractivity contribution is 0.343. The maximum atomic E-state index is 5.63. The second-order valence-electron chi connectivity index (χ2n) is 4.38. The molecule has 0 aliphatic rings. The van der Waals surface area contributed by atoms with Gasteiger partial charge >= 0.3 is 0 Å². The highest BCUT2D eigenvalue weighted by molar-refractivity contribution is 6.18. The standard InChI is InChI=1S/C16H17ClO/c1-12-6-7-13(2)16(10-12)14-4-3-5-15(11-14)18-9-8-17/h3-7,10-11H,8-9H2,1-2H3. The van der Waals surface area contributed by atoms with Crippen molar-refractivity contribution in [3.8, 4) is 16.9 Å². The van der Waals surface area contributed by atoms with E-state index >= 15 is 0 Å². The molecule has 2 heteroatoms. The molecule has 0 unspecified atom stereocenters. The zero-order chi connectivity index (χ0) is 13.0. The number of benzene rings is 2. The van der Waals surface area contributed by atoms with Gasteiger partial charge in [-0.2, -0.15) is 0 Å². The lowest BCUT2D eigenvalue weighted by Gasteiger charge is -2.10. The Balaban J connectivity index is 2.35. The lowest BCUT2D eigenvalue weighted by atomic mass is 9.98. The van der Waals surface area contributed by atoms with Crippen molar-refractivity contribution in [1.82, 2.24) is 0 Å². The summed E-state index contributed by atoms with van der Waals surface area (Å²) in [5.41, 5.74) is 4.98. The Hall–Kier alpha value is -1.47. The molecule has 0 spiro atoms. The molecule has 0 bridgehead atoms. The van der Waals surface area contributed by atoms with Crippen molar-refractivity contribution in [2.45, 2.75) is 13.8 Å². The predicted octanol–water partition coefficient (Wildman–Crippen LogP) is 4.59. The van der Waals surface area contributed by atoms with E-state index in [1.807, 2.05) is 12.1 Å². The number of alkyl halides is 1. The number of aryl methyl sites for hydroxylation is 2. The van der Waals surface area contributed by atoms with Gasteiger partial charge in [0.1, 0.15) is 12.4 Å². The van der Waals surface area contributed by atoms with Gasteiger partial charge in [0.2, 0.25) is 0 Å². The average Bonchev–Trinajstić information content (AvgIpc) is 2.39. The van der Waals surface area contributed by atoms with Crippen LogP contribution in [-0.2, 0) is 0 Å². The molecule has 0 amide bonds. The smallest absolute Gasteiger partial charge is 0.119 e. The van der Waals surface area contributed by atoms with E-state index < -0.39 is 0 Å². The first kappa shape index (κ1) is 13.0. The van der Waals surface area contributed by atoms with Crippen LogP contribution in [0.1, 0.15) is 11.1 Å². The van der Waals surface area contributed by atoms with Gasteiger partial charge in [-0.1, -0.05) is 35.9 Å². The molecule has 0 aliphatic heterocycles. The fraction of sp³-hybridized carbons (Fsp3) is 0.250. The number of halogens is 1. The highest BCUT2D eigenvalue weighted by Crippen LogP contribution is 2.27. The highest BCUT2D eigenvalue weighted by Gasteiger charge is 2.03. The van der Waals surface area contributed by atoms with Gasteiger partial charge in [0.15, 0.2) is 0 Å². The van der Waals surface area contributed by atoms with Crippen molar-refractivity contribution in [1.29, 1.82) is 0 Å². The van der Waals surface area contributed by atoms with Gasteiger partial charge in [-0.15, -0.1) is 11.6 Å². The fourth-order valence-corrected chi connectivity index (χ4v) is 2.03.